The predicted octanol–water partition coefficient (Wildman–Crippen LogP) is 5.17. The van der Waals surface area contributed by atoms with Gasteiger partial charge in [-0.2, -0.15) is 0 Å². The van der Waals surface area contributed by atoms with Gasteiger partial charge in [-0.25, -0.2) is 4.39 Å². The zero-order valence-electron chi connectivity index (χ0n) is 20.7. The van der Waals surface area contributed by atoms with Gasteiger partial charge in [0.05, 0.1) is 11.0 Å². The fourth-order valence-electron chi connectivity index (χ4n) is 5.85. The highest BCUT2D eigenvalue weighted by molar-refractivity contribution is 6.02. The number of pyridine rings is 1. The Morgan fingerprint density at radius 2 is 1.86 bits per heavy atom. The molecule has 0 saturated heterocycles. The van der Waals surface area contributed by atoms with Gasteiger partial charge in [0.25, 0.3) is 0 Å². The molecular formula is C30H29FN4O2. The van der Waals surface area contributed by atoms with E-state index in [1.807, 2.05) is 60.2 Å². The van der Waals surface area contributed by atoms with E-state index < -0.39 is 11.9 Å². The number of fused-ring (bicyclic) bond motifs is 2. The van der Waals surface area contributed by atoms with Crippen LogP contribution in [-0.2, 0) is 16.1 Å². The van der Waals surface area contributed by atoms with E-state index in [1.165, 1.54) is 23.5 Å². The van der Waals surface area contributed by atoms with E-state index in [0.717, 1.165) is 35.0 Å². The summed E-state index contributed by atoms with van der Waals surface area (Å²) in [5.41, 5.74) is 3.55. The maximum Gasteiger partial charge on any atom is 0.248 e. The highest BCUT2D eigenvalue weighted by Crippen LogP contribution is 2.51. The topological polar surface area (TPSA) is 67.2 Å². The monoisotopic (exact) mass is 496 g/mol. The number of hydrogen-bond donors (Lipinski definition) is 1. The molecule has 2 saturated carbocycles. The Balaban J connectivity index is 1.41. The number of nitrogens with zero attached hydrogens (tertiary/aromatic N) is 3. The molecule has 3 atom stereocenters. The molecule has 188 valence electrons. The van der Waals surface area contributed by atoms with Crippen molar-refractivity contribution < 1.29 is 14.0 Å². The summed E-state index contributed by atoms with van der Waals surface area (Å²) in [6.45, 7) is 1.91. The van der Waals surface area contributed by atoms with E-state index in [-0.39, 0.29) is 24.4 Å². The highest BCUT2D eigenvalue weighted by Gasteiger charge is 2.47. The SMILES string of the molecule is Cc1ccccc1C(C(=O)NC1CC2CC2C1)N(C(=O)Cn1ccc2ncccc21)c1cccc(F)c1. The molecule has 3 unspecified atom stereocenters. The van der Waals surface area contributed by atoms with Crippen molar-refractivity contribution in [2.24, 2.45) is 11.8 Å². The average Bonchev–Trinajstić information content (AvgIpc) is 3.30. The smallest absolute Gasteiger partial charge is 0.248 e. The van der Waals surface area contributed by atoms with Crippen LogP contribution in [0.15, 0.2) is 79.1 Å². The Morgan fingerprint density at radius 1 is 1.05 bits per heavy atom. The van der Waals surface area contributed by atoms with Crippen LogP contribution in [-0.4, -0.2) is 27.4 Å². The zero-order chi connectivity index (χ0) is 25.5. The molecule has 4 aromatic rings. The van der Waals surface area contributed by atoms with Crippen molar-refractivity contribution >= 4 is 28.5 Å². The number of anilines is 1. The Kier molecular flexibility index (Phi) is 5.99. The number of amides is 2. The first-order valence-electron chi connectivity index (χ1n) is 12.8. The lowest BCUT2D eigenvalue weighted by atomic mass is 9.97. The van der Waals surface area contributed by atoms with Crippen LogP contribution in [0.1, 0.15) is 36.4 Å². The van der Waals surface area contributed by atoms with Crippen LogP contribution in [0, 0.1) is 24.6 Å². The van der Waals surface area contributed by atoms with Gasteiger partial charge in [-0.15, -0.1) is 0 Å². The van der Waals surface area contributed by atoms with Crippen molar-refractivity contribution in [3.63, 3.8) is 0 Å². The fourth-order valence-corrected chi connectivity index (χ4v) is 5.85. The van der Waals surface area contributed by atoms with Gasteiger partial charge in [-0.1, -0.05) is 30.3 Å². The molecule has 6 rings (SSSR count). The zero-order valence-corrected chi connectivity index (χ0v) is 20.7. The molecular weight excluding hydrogens is 467 g/mol. The first kappa shape index (κ1) is 23.4. The van der Waals surface area contributed by atoms with Gasteiger partial charge in [0.2, 0.25) is 11.8 Å². The van der Waals surface area contributed by atoms with E-state index in [9.17, 15) is 14.0 Å². The van der Waals surface area contributed by atoms with Crippen molar-refractivity contribution in [1.29, 1.82) is 0 Å². The van der Waals surface area contributed by atoms with E-state index in [2.05, 4.69) is 10.3 Å². The third-order valence-corrected chi connectivity index (χ3v) is 7.78. The van der Waals surface area contributed by atoms with Crippen LogP contribution >= 0.6 is 0 Å². The van der Waals surface area contributed by atoms with Crippen LogP contribution in [0.4, 0.5) is 10.1 Å². The Labute approximate surface area is 215 Å². The Hall–Kier alpha value is -4.00. The lowest BCUT2D eigenvalue weighted by molar-refractivity contribution is -0.127. The highest BCUT2D eigenvalue weighted by atomic mass is 19.1. The summed E-state index contributed by atoms with van der Waals surface area (Å²) in [6, 6.07) is 18.2. The lowest BCUT2D eigenvalue weighted by Gasteiger charge is -2.33. The van der Waals surface area contributed by atoms with E-state index in [1.54, 1.807) is 18.3 Å². The van der Waals surface area contributed by atoms with Crippen molar-refractivity contribution in [2.75, 3.05) is 4.90 Å². The van der Waals surface area contributed by atoms with Crippen LogP contribution in [0.3, 0.4) is 0 Å². The minimum absolute atomic E-state index is 0.0189. The molecule has 0 bridgehead atoms. The quantitative estimate of drug-likeness (QED) is 0.384. The third kappa shape index (κ3) is 4.61. The summed E-state index contributed by atoms with van der Waals surface area (Å²) in [5.74, 6) is 0.394. The molecule has 2 aromatic carbocycles. The van der Waals surface area contributed by atoms with Gasteiger partial charge < -0.3 is 9.88 Å². The normalized spacial score (nSPS) is 20.9. The number of benzene rings is 2. The molecule has 7 heteroatoms. The minimum atomic E-state index is -0.938. The second kappa shape index (κ2) is 9.47. The van der Waals surface area contributed by atoms with Gasteiger partial charge in [0, 0.05) is 24.1 Å². The number of aromatic nitrogens is 2. The van der Waals surface area contributed by atoms with Crippen LogP contribution in [0.25, 0.3) is 11.0 Å². The van der Waals surface area contributed by atoms with Gasteiger partial charge in [0.1, 0.15) is 18.4 Å². The standard InChI is InChI=1S/C30H29FN4O2/c1-19-6-2-3-9-25(19)29(30(37)33-23-15-20-14-21(20)16-23)35(24-8-4-7-22(31)17-24)28(36)18-34-13-11-26-27(34)10-5-12-32-26/h2-13,17,20-21,23,29H,14-16,18H2,1H3,(H,33,37). The molecule has 1 N–H and O–H groups in total. The van der Waals surface area contributed by atoms with E-state index in [4.69, 9.17) is 0 Å². The van der Waals surface area contributed by atoms with Gasteiger partial charge >= 0.3 is 0 Å². The number of carbonyl (C=O) groups is 2. The molecule has 0 spiro atoms. The van der Waals surface area contributed by atoms with Crippen molar-refractivity contribution in [2.45, 2.75) is 44.8 Å². The summed E-state index contributed by atoms with van der Waals surface area (Å²) in [5, 5.41) is 3.23. The third-order valence-electron chi connectivity index (χ3n) is 7.78. The van der Waals surface area contributed by atoms with Crippen molar-refractivity contribution in [3.05, 3.63) is 96.1 Å². The first-order chi connectivity index (χ1) is 18.0. The van der Waals surface area contributed by atoms with E-state index in [0.29, 0.717) is 17.5 Å². The number of hydrogen-bond acceptors (Lipinski definition) is 3. The number of halogens is 1. The minimum Gasteiger partial charge on any atom is -0.351 e. The molecule has 37 heavy (non-hydrogen) atoms. The molecule has 2 aromatic heterocycles. The van der Waals surface area contributed by atoms with Crippen molar-refractivity contribution in [3.8, 4) is 0 Å². The van der Waals surface area contributed by atoms with Gasteiger partial charge in [-0.05, 0) is 85.5 Å². The van der Waals surface area contributed by atoms with Crippen molar-refractivity contribution in [1.82, 2.24) is 14.9 Å². The molecule has 2 amide bonds. The largest absolute Gasteiger partial charge is 0.351 e. The second-order valence-electron chi connectivity index (χ2n) is 10.3. The first-order valence-corrected chi connectivity index (χ1v) is 12.8. The maximum absolute atomic E-state index is 14.4. The molecule has 2 aliphatic carbocycles. The molecule has 2 fully saturated rings. The van der Waals surface area contributed by atoms with Crippen LogP contribution in [0.5, 0.6) is 0 Å². The summed E-state index contributed by atoms with van der Waals surface area (Å²) >= 11 is 0. The predicted molar refractivity (Wildman–Crippen MR) is 140 cm³/mol. The second-order valence-corrected chi connectivity index (χ2v) is 10.3. The summed E-state index contributed by atoms with van der Waals surface area (Å²) in [6.07, 6.45) is 6.73. The fraction of sp³-hybridized carbons (Fsp3) is 0.300. The molecule has 2 aliphatic rings. The maximum atomic E-state index is 14.4. The Bertz CT molecular complexity index is 1470. The Morgan fingerprint density at radius 3 is 2.65 bits per heavy atom. The summed E-state index contributed by atoms with van der Waals surface area (Å²) in [4.78, 5) is 33.9. The van der Waals surface area contributed by atoms with Crippen LogP contribution in [0.2, 0.25) is 0 Å². The molecule has 2 heterocycles. The van der Waals surface area contributed by atoms with E-state index >= 15 is 0 Å². The van der Waals surface area contributed by atoms with Gasteiger partial charge in [-0.3, -0.25) is 19.5 Å². The van der Waals surface area contributed by atoms with Crippen LogP contribution < -0.4 is 10.2 Å². The molecule has 0 aliphatic heterocycles. The summed E-state index contributed by atoms with van der Waals surface area (Å²) < 4.78 is 16.3. The number of aryl methyl sites for hydroxylation is 1. The number of rotatable bonds is 7. The number of carbonyl (C=O) groups excluding carboxylic acids is 2. The molecule has 6 nitrogen and oxygen atoms in total. The molecule has 0 radical (unpaired) electrons. The number of nitrogens with one attached hydrogen (secondary N) is 1. The average molecular weight is 497 g/mol. The van der Waals surface area contributed by atoms with Gasteiger partial charge in [0.15, 0.2) is 0 Å². The lowest BCUT2D eigenvalue weighted by Crippen LogP contribution is -2.47. The summed E-state index contributed by atoms with van der Waals surface area (Å²) in [7, 11) is 0.